The van der Waals surface area contributed by atoms with Crippen molar-refractivity contribution in [2.45, 2.75) is 20.5 Å². The Morgan fingerprint density at radius 1 is 1.20 bits per heavy atom. The third-order valence-corrected chi connectivity index (χ3v) is 3.06. The first-order chi connectivity index (χ1) is 9.63. The fourth-order valence-corrected chi connectivity index (χ4v) is 1.95. The van der Waals surface area contributed by atoms with Gasteiger partial charge in [0.15, 0.2) is 11.5 Å². The van der Waals surface area contributed by atoms with E-state index in [9.17, 15) is 0 Å². The lowest BCUT2D eigenvalue weighted by atomic mass is 10.2. The van der Waals surface area contributed by atoms with Gasteiger partial charge in [-0.1, -0.05) is 6.07 Å². The Morgan fingerprint density at radius 3 is 2.85 bits per heavy atom. The highest BCUT2D eigenvalue weighted by Crippen LogP contribution is 2.32. The number of aryl methyl sites for hydroxylation is 1. The Morgan fingerprint density at radius 2 is 2.00 bits per heavy atom. The molecule has 0 aliphatic carbocycles. The molecule has 6 heteroatoms. The van der Waals surface area contributed by atoms with Gasteiger partial charge in [0.2, 0.25) is 12.7 Å². The van der Waals surface area contributed by atoms with Crippen molar-refractivity contribution in [3.63, 3.8) is 0 Å². The van der Waals surface area contributed by atoms with Crippen LogP contribution in [0.3, 0.4) is 0 Å². The van der Waals surface area contributed by atoms with Gasteiger partial charge in [0.05, 0.1) is 5.56 Å². The highest BCUT2D eigenvalue weighted by atomic mass is 16.7. The standard InChI is InChI=1S/C14H15N3O3/c1-8-13(15)16-9(2)17-14(8)18-6-10-3-4-11-12(5-10)20-7-19-11/h3-5H,6-7H2,1-2H3,(H2,15,16,17). The van der Waals surface area contributed by atoms with Crippen LogP contribution in [0.4, 0.5) is 5.82 Å². The van der Waals surface area contributed by atoms with E-state index in [1.54, 1.807) is 6.92 Å². The van der Waals surface area contributed by atoms with Gasteiger partial charge in [-0.15, -0.1) is 0 Å². The average Bonchev–Trinajstić information content (AvgIpc) is 2.88. The molecule has 0 spiro atoms. The average molecular weight is 273 g/mol. The van der Waals surface area contributed by atoms with E-state index in [1.807, 2.05) is 25.1 Å². The molecule has 0 fully saturated rings. The number of hydrogen-bond donors (Lipinski definition) is 1. The predicted molar refractivity (Wildman–Crippen MR) is 72.8 cm³/mol. The van der Waals surface area contributed by atoms with E-state index in [4.69, 9.17) is 19.9 Å². The maximum Gasteiger partial charge on any atom is 0.231 e. The number of nitrogens with two attached hydrogens (primary N) is 1. The molecule has 2 N–H and O–H groups in total. The Balaban J connectivity index is 1.77. The van der Waals surface area contributed by atoms with E-state index in [1.165, 1.54) is 0 Å². The maximum atomic E-state index is 5.80. The summed E-state index contributed by atoms with van der Waals surface area (Å²) in [5.41, 5.74) is 7.52. The van der Waals surface area contributed by atoms with Crippen LogP contribution in [-0.2, 0) is 6.61 Å². The maximum absolute atomic E-state index is 5.80. The number of nitrogen functional groups attached to an aromatic ring is 1. The molecule has 1 aromatic carbocycles. The Labute approximate surface area is 116 Å². The SMILES string of the molecule is Cc1nc(N)c(C)c(OCc2ccc3c(c2)OCO3)n1. The molecule has 0 unspecified atom stereocenters. The van der Waals surface area contributed by atoms with E-state index in [0.717, 1.165) is 22.6 Å². The van der Waals surface area contributed by atoms with Gasteiger partial charge >= 0.3 is 0 Å². The van der Waals surface area contributed by atoms with Gasteiger partial charge in [0.25, 0.3) is 0 Å². The van der Waals surface area contributed by atoms with E-state index >= 15 is 0 Å². The van der Waals surface area contributed by atoms with Crippen LogP contribution in [0.5, 0.6) is 17.4 Å². The predicted octanol–water partition coefficient (Wildman–Crippen LogP) is 1.98. The molecule has 6 nitrogen and oxygen atoms in total. The molecule has 1 aliphatic rings. The Hall–Kier alpha value is -2.50. The highest BCUT2D eigenvalue weighted by Gasteiger charge is 2.14. The molecule has 0 saturated heterocycles. The van der Waals surface area contributed by atoms with E-state index in [0.29, 0.717) is 24.1 Å². The van der Waals surface area contributed by atoms with Crippen molar-refractivity contribution in [2.24, 2.45) is 0 Å². The summed E-state index contributed by atoms with van der Waals surface area (Å²) < 4.78 is 16.3. The largest absolute Gasteiger partial charge is 0.472 e. The molecular weight excluding hydrogens is 258 g/mol. The van der Waals surface area contributed by atoms with Crippen LogP contribution in [-0.4, -0.2) is 16.8 Å². The summed E-state index contributed by atoms with van der Waals surface area (Å²) in [5.74, 6) is 3.04. The van der Waals surface area contributed by atoms with Gasteiger partial charge in [0, 0.05) is 0 Å². The minimum atomic E-state index is 0.264. The first kappa shape index (κ1) is 12.5. The second-order valence-corrected chi connectivity index (χ2v) is 4.56. The minimum absolute atomic E-state index is 0.264. The summed E-state index contributed by atoms with van der Waals surface area (Å²) in [6.45, 7) is 4.26. The van der Waals surface area contributed by atoms with Crippen LogP contribution >= 0.6 is 0 Å². The molecule has 0 saturated carbocycles. The monoisotopic (exact) mass is 273 g/mol. The van der Waals surface area contributed by atoms with Crippen LogP contribution in [0.2, 0.25) is 0 Å². The molecule has 1 aliphatic heterocycles. The summed E-state index contributed by atoms with van der Waals surface area (Å²) >= 11 is 0. The van der Waals surface area contributed by atoms with Crippen molar-refractivity contribution in [3.8, 4) is 17.4 Å². The Bertz CT molecular complexity index is 658. The van der Waals surface area contributed by atoms with E-state index < -0.39 is 0 Å². The highest BCUT2D eigenvalue weighted by molar-refractivity contribution is 5.46. The van der Waals surface area contributed by atoms with Crippen molar-refractivity contribution >= 4 is 5.82 Å². The molecule has 3 rings (SSSR count). The second kappa shape index (κ2) is 4.88. The van der Waals surface area contributed by atoms with Gasteiger partial charge in [-0.05, 0) is 31.5 Å². The molecule has 0 atom stereocenters. The molecule has 1 aromatic heterocycles. The number of nitrogens with zero attached hydrogens (tertiary/aromatic N) is 2. The molecule has 104 valence electrons. The lowest BCUT2D eigenvalue weighted by Gasteiger charge is -2.10. The van der Waals surface area contributed by atoms with Crippen LogP contribution in [0.25, 0.3) is 0 Å². The number of fused-ring (bicyclic) bond motifs is 1. The summed E-state index contributed by atoms with van der Waals surface area (Å²) in [6, 6.07) is 5.70. The number of ether oxygens (including phenoxy) is 3. The zero-order valence-electron chi connectivity index (χ0n) is 11.3. The molecule has 0 radical (unpaired) electrons. The number of anilines is 1. The molecule has 2 heterocycles. The normalized spacial score (nSPS) is 12.5. The van der Waals surface area contributed by atoms with Crippen LogP contribution in [0.1, 0.15) is 17.0 Å². The zero-order chi connectivity index (χ0) is 14.1. The van der Waals surface area contributed by atoms with E-state index in [2.05, 4.69) is 9.97 Å². The second-order valence-electron chi connectivity index (χ2n) is 4.56. The van der Waals surface area contributed by atoms with Gasteiger partial charge < -0.3 is 19.9 Å². The fourth-order valence-electron chi connectivity index (χ4n) is 1.95. The fraction of sp³-hybridized carbons (Fsp3) is 0.286. The van der Waals surface area contributed by atoms with Gasteiger partial charge in [0.1, 0.15) is 18.2 Å². The molecular formula is C14H15N3O3. The quantitative estimate of drug-likeness (QED) is 0.921. The van der Waals surface area contributed by atoms with Gasteiger partial charge in [-0.3, -0.25) is 0 Å². The summed E-state index contributed by atoms with van der Waals surface area (Å²) in [4.78, 5) is 8.34. The topological polar surface area (TPSA) is 79.5 Å². The van der Waals surface area contributed by atoms with Crippen molar-refractivity contribution in [2.75, 3.05) is 12.5 Å². The molecule has 2 aromatic rings. The third kappa shape index (κ3) is 2.32. The third-order valence-electron chi connectivity index (χ3n) is 3.06. The van der Waals surface area contributed by atoms with Crippen LogP contribution in [0.15, 0.2) is 18.2 Å². The Kier molecular flexibility index (Phi) is 3.06. The van der Waals surface area contributed by atoms with Crippen LogP contribution < -0.4 is 19.9 Å². The smallest absolute Gasteiger partial charge is 0.231 e. The number of aromatic nitrogens is 2. The lowest BCUT2D eigenvalue weighted by molar-refractivity contribution is 0.174. The van der Waals surface area contributed by atoms with E-state index in [-0.39, 0.29) is 6.79 Å². The number of hydrogen-bond acceptors (Lipinski definition) is 6. The molecule has 0 bridgehead atoms. The summed E-state index contributed by atoms with van der Waals surface area (Å²) in [5, 5.41) is 0. The molecule has 20 heavy (non-hydrogen) atoms. The van der Waals surface area contributed by atoms with Crippen molar-refractivity contribution in [1.29, 1.82) is 0 Å². The number of rotatable bonds is 3. The van der Waals surface area contributed by atoms with Gasteiger partial charge in [-0.2, -0.15) is 4.98 Å². The van der Waals surface area contributed by atoms with Crippen molar-refractivity contribution in [1.82, 2.24) is 9.97 Å². The van der Waals surface area contributed by atoms with Crippen LogP contribution in [0, 0.1) is 13.8 Å². The number of benzene rings is 1. The molecule has 0 amide bonds. The first-order valence-electron chi connectivity index (χ1n) is 6.25. The minimum Gasteiger partial charge on any atom is -0.472 e. The van der Waals surface area contributed by atoms with Crippen molar-refractivity contribution in [3.05, 3.63) is 35.2 Å². The van der Waals surface area contributed by atoms with Gasteiger partial charge in [-0.25, -0.2) is 4.98 Å². The summed E-state index contributed by atoms with van der Waals surface area (Å²) in [7, 11) is 0. The zero-order valence-corrected chi connectivity index (χ0v) is 11.3. The lowest BCUT2D eigenvalue weighted by Crippen LogP contribution is -2.05. The summed E-state index contributed by atoms with van der Waals surface area (Å²) in [6.07, 6.45) is 0. The van der Waals surface area contributed by atoms with Crippen molar-refractivity contribution < 1.29 is 14.2 Å². The first-order valence-corrected chi connectivity index (χ1v) is 6.25.